The first-order chi connectivity index (χ1) is 16.7. The Hall–Kier alpha value is -3.26. The zero-order chi connectivity index (χ0) is 25.4. The summed E-state index contributed by atoms with van der Waals surface area (Å²) in [5.41, 5.74) is 4.67. The maximum Gasteiger partial charge on any atom is 0.262 e. The molecular weight excluding hydrogens is 476 g/mol. The Morgan fingerprint density at radius 1 is 0.914 bits per heavy atom. The molecule has 3 aromatic carbocycles. The molecule has 0 saturated carbocycles. The van der Waals surface area contributed by atoms with Crippen LogP contribution in [0.1, 0.15) is 23.1 Å². The molecule has 0 aliphatic heterocycles. The number of benzene rings is 3. The van der Waals surface area contributed by atoms with Crippen molar-refractivity contribution in [1.29, 1.82) is 0 Å². The van der Waals surface area contributed by atoms with Crippen molar-refractivity contribution in [1.82, 2.24) is 0 Å². The minimum absolute atomic E-state index is 0.178. The first-order valence-electron chi connectivity index (χ1n) is 11.2. The van der Waals surface area contributed by atoms with Crippen molar-refractivity contribution in [2.24, 2.45) is 0 Å². The Bertz CT molecular complexity index is 1420. The van der Waals surface area contributed by atoms with E-state index in [1.165, 1.54) is 38.6 Å². The van der Waals surface area contributed by atoms with Crippen LogP contribution >= 0.6 is 11.3 Å². The van der Waals surface area contributed by atoms with E-state index >= 15 is 0 Å². The molecule has 7 heteroatoms. The van der Waals surface area contributed by atoms with E-state index in [0.29, 0.717) is 0 Å². The third-order valence-electron chi connectivity index (χ3n) is 5.31. The van der Waals surface area contributed by atoms with E-state index in [4.69, 9.17) is 0 Å². The van der Waals surface area contributed by atoms with Gasteiger partial charge in [0.15, 0.2) is 0 Å². The predicted molar refractivity (Wildman–Crippen MR) is 146 cm³/mol. The van der Waals surface area contributed by atoms with Crippen LogP contribution in [0.15, 0.2) is 89.8 Å². The van der Waals surface area contributed by atoms with Crippen molar-refractivity contribution in [3.63, 3.8) is 0 Å². The number of anilines is 1. The van der Waals surface area contributed by atoms with Crippen molar-refractivity contribution in [3.05, 3.63) is 101 Å². The first kappa shape index (κ1) is 26.3. The van der Waals surface area contributed by atoms with Gasteiger partial charge in [-0.2, -0.15) is 4.57 Å². The molecule has 0 N–H and O–H groups in total. The van der Waals surface area contributed by atoms with Gasteiger partial charge in [0.1, 0.15) is 21.4 Å². The number of hydrogen-bond acceptors (Lipinski definition) is 5. The van der Waals surface area contributed by atoms with Crippen LogP contribution in [0.4, 0.5) is 5.69 Å². The highest BCUT2D eigenvalue weighted by Crippen LogP contribution is 2.21. The van der Waals surface area contributed by atoms with Crippen LogP contribution in [0.2, 0.25) is 0 Å². The van der Waals surface area contributed by atoms with Crippen molar-refractivity contribution < 1.29 is 17.5 Å². The summed E-state index contributed by atoms with van der Waals surface area (Å²) < 4.78 is 34.9. The summed E-state index contributed by atoms with van der Waals surface area (Å²) in [5.74, 6) is 0. The molecule has 4 aromatic rings. The third kappa shape index (κ3) is 7.36. The first-order valence-corrected chi connectivity index (χ1v) is 13.5. The van der Waals surface area contributed by atoms with Crippen LogP contribution in [0.25, 0.3) is 22.4 Å². The van der Waals surface area contributed by atoms with Crippen molar-refractivity contribution in [3.8, 4) is 0 Å². The highest BCUT2D eigenvalue weighted by molar-refractivity contribution is 7.85. The molecule has 0 aliphatic rings. The SMILES string of the molecule is CC[n+]1c(C=CC=Cc2ccc(N(C)C)cc2)sc2ccccc21.Cc1ccc(S(=O)(=O)[O-])cc1. The van der Waals surface area contributed by atoms with Crippen molar-refractivity contribution >= 4 is 49.5 Å². The minimum Gasteiger partial charge on any atom is -0.744 e. The number of thiazole rings is 1. The van der Waals surface area contributed by atoms with E-state index in [0.717, 1.165) is 12.1 Å². The van der Waals surface area contributed by atoms with E-state index in [1.54, 1.807) is 12.1 Å². The van der Waals surface area contributed by atoms with E-state index in [9.17, 15) is 13.0 Å². The van der Waals surface area contributed by atoms with Gasteiger partial charge in [0.25, 0.3) is 5.01 Å². The maximum absolute atomic E-state index is 10.4. The van der Waals surface area contributed by atoms with Gasteiger partial charge in [-0.3, -0.25) is 0 Å². The fourth-order valence-corrected chi connectivity index (χ4v) is 5.00. The summed E-state index contributed by atoms with van der Waals surface area (Å²) in [7, 11) is -0.155. The Morgan fingerprint density at radius 2 is 1.54 bits per heavy atom. The number of nitrogens with zero attached hydrogens (tertiary/aromatic N) is 2. The summed E-state index contributed by atoms with van der Waals surface area (Å²) in [6, 6.07) is 22.9. The van der Waals surface area contributed by atoms with Crippen LogP contribution in [0.3, 0.4) is 0 Å². The lowest BCUT2D eigenvalue weighted by molar-refractivity contribution is -0.665. The average Bonchev–Trinajstić information content (AvgIpc) is 3.19. The van der Waals surface area contributed by atoms with Crippen LogP contribution < -0.4 is 9.47 Å². The zero-order valence-electron chi connectivity index (χ0n) is 20.4. The van der Waals surface area contributed by atoms with Crippen LogP contribution in [0, 0.1) is 6.92 Å². The molecule has 1 aromatic heterocycles. The quantitative estimate of drug-likeness (QED) is 0.186. The number of aryl methyl sites for hydroxylation is 2. The van der Waals surface area contributed by atoms with Crippen LogP contribution in [-0.2, 0) is 16.7 Å². The Balaban J connectivity index is 0.000000261. The summed E-state index contributed by atoms with van der Waals surface area (Å²) >= 11 is 1.84. The van der Waals surface area contributed by atoms with Crippen molar-refractivity contribution in [2.45, 2.75) is 25.3 Å². The summed E-state index contributed by atoms with van der Waals surface area (Å²) in [5, 5.41) is 1.28. The smallest absolute Gasteiger partial charge is 0.262 e. The Morgan fingerprint density at radius 3 is 2.14 bits per heavy atom. The normalized spacial score (nSPS) is 11.7. The average molecular weight is 507 g/mol. The number of allylic oxidation sites excluding steroid dienone is 2. The summed E-state index contributed by atoms with van der Waals surface area (Å²) in [6.45, 7) is 5.00. The number of fused-ring (bicyclic) bond motifs is 1. The molecule has 5 nitrogen and oxygen atoms in total. The highest BCUT2D eigenvalue weighted by Gasteiger charge is 2.15. The molecule has 0 unspecified atom stereocenters. The molecule has 1 heterocycles. The molecular formula is C28H30N2O3S2. The largest absolute Gasteiger partial charge is 0.744 e. The maximum atomic E-state index is 10.4. The van der Waals surface area contributed by atoms with Gasteiger partial charge in [-0.1, -0.05) is 71.5 Å². The van der Waals surface area contributed by atoms with E-state index in [-0.39, 0.29) is 4.90 Å². The number of rotatable bonds is 6. The Labute approximate surface area is 212 Å². The van der Waals surface area contributed by atoms with Crippen LogP contribution in [-0.4, -0.2) is 27.1 Å². The molecule has 0 saturated heterocycles. The van der Waals surface area contributed by atoms with Gasteiger partial charge in [-0.15, -0.1) is 0 Å². The molecule has 0 aliphatic carbocycles. The molecule has 0 spiro atoms. The van der Waals surface area contributed by atoms with E-state index < -0.39 is 10.1 Å². The molecule has 182 valence electrons. The van der Waals surface area contributed by atoms with Gasteiger partial charge in [0.2, 0.25) is 5.52 Å². The monoisotopic (exact) mass is 506 g/mol. The second-order valence-electron chi connectivity index (χ2n) is 8.12. The minimum atomic E-state index is -4.27. The lowest BCUT2D eigenvalue weighted by Gasteiger charge is -2.11. The van der Waals surface area contributed by atoms with E-state index in [2.05, 4.69) is 103 Å². The molecule has 0 fully saturated rings. The van der Waals surface area contributed by atoms with Gasteiger partial charge >= 0.3 is 0 Å². The number of aromatic nitrogens is 1. The molecule has 4 rings (SSSR count). The molecule has 0 bridgehead atoms. The number of hydrogen-bond donors (Lipinski definition) is 0. The van der Waals surface area contributed by atoms with Gasteiger partial charge in [-0.25, -0.2) is 8.42 Å². The molecule has 0 atom stereocenters. The molecule has 35 heavy (non-hydrogen) atoms. The van der Waals surface area contributed by atoms with Gasteiger partial charge < -0.3 is 9.45 Å². The second kappa shape index (κ2) is 11.9. The van der Waals surface area contributed by atoms with Gasteiger partial charge in [0.05, 0.1) is 4.90 Å². The standard InChI is InChI=1S/C21H23N2S.C7H8O3S/c1-4-23-19-10-6-7-11-20(19)24-21(23)12-8-5-9-17-13-15-18(16-14-17)22(2)3;1-6-2-4-7(5-3-6)11(8,9)10/h5-16H,4H2,1-3H3;2-5H,1H3,(H,8,9,10)/q+1;/p-1. The molecule has 0 radical (unpaired) electrons. The fraction of sp³-hybridized carbons (Fsp3) is 0.179. The summed E-state index contributed by atoms with van der Waals surface area (Å²) in [4.78, 5) is 1.93. The third-order valence-corrected chi connectivity index (χ3v) is 7.29. The van der Waals surface area contributed by atoms with E-state index in [1.807, 2.05) is 18.3 Å². The topological polar surface area (TPSA) is 64.3 Å². The van der Waals surface area contributed by atoms with Crippen molar-refractivity contribution in [2.75, 3.05) is 19.0 Å². The zero-order valence-corrected chi connectivity index (χ0v) is 22.0. The predicted octanol–water partition coefficient (Wildman–Crippen LogP) is 5.90. The molecule has 0 amide bonds. The number of para-hydroxylation sites is 1. The lowest BCUT2D eigenvalue weighted by atomic mass is 10.2. The second-order valence-corrected chi connectivity index (χ2v) is 10.6. The fourth-order valence-electron chi connectivity index (χ4n) is 3.40. The highest BCUT2D eigenvalue weighted by atomic mass is 32.2. The summed E-state index contributed by atoms with van der Waals surface area (Å²) in [6.07, 6.45) is 8.56. The Kier molecular flexibility index (Phi) is 8.98. The van der Waals surface area contributed by atoms with Gasteiger partial charge in [0, 0.05) is 31.9 Å². The van der Waals surface area contributed by atoms with Gasteiger partial charge in [-0.05, 0) is 49.7 Å². The van der Waals surface area contributed by atoms with Crippen LogP contribution in [0.5, 0.6) is 0 Å². The lowest BCUT2D eigenvalue weighted by Crippen LogP contribution is -2.33.